The molecule has 0 bridgehead atoms. The van der Waals surface area contributed by atoms with E-state index in [-0.39, 0.29) is 23.0 Å². The first kappa shape index (κ1) is 21.0. The first-order chi connectivity index (χ1) is 14.2. The van der Waals surface area contributed by atoms with Crippen LogP contribution in [0.25, 0.3) is 0 Å². The van der Waals surface area contributed by atoms with E-state index in [1.54, 1.807) is 0 Å². The molecule has 0 radical (unpaired) electrons. The first-order valence-corrected chi connectivity index (χ1v) is 8.50. The van der Waals surface area contributed by atoms with E-state index in [0.717, 1.165) is 12.1 Å². The predicted molar refractivity (Wildman–Crippen MR) is 99.2 cm³/mol. The van der Waals surface area contributed by atoms with Crippen LogP contribution in [0.1, 0.15) is 21.6 Å². The lowest BCUT2D eigenvalue weighted by atomic mass is 10.2. The largest absolute Gasteiger partial charge is 0.481 e. The summed E-state index contributed by atoms with van der Waals surface area (Å²) in [6.45, 7) is 1.52. The van der Waals surface area contributed by atoms with Crippen LogP contribution in [0.2, 0.25) is 0 Å². The Morgan fingerprint density at radius 3 is 2.50 bits per heavy atom. The quantitative estimate of drug-likeness (QED) is 0.587. The van der Waals surface area contributed by atoms with Crippen LogP contribution in [0.5, 0.6) is 17.4 Å². The molecule has 10 heteroatoms. The number of carbonyl (C=O) groups is 1. The lowest BCUT2D eigenvalue weighted by Crippen LogP contribution is -2.16. The molecule has 1 N–H and O–H groups in total. The number of pyridine rings is 2. The molecule has 3 aromatic rings. The molecule has 0 aliphatic carbocycles. The molecule has 0 saturated carbocycles. The van der Waals surface area contributed by atoms with Crippen molar-refractivity contribution >= 4 is 11.6 Å². The van der Waals surface area contributed by atoms with Gasteiger partial charge in [0, 0.05) is 24.1 Å². The van der Waals surface area contributed by atoms with E-state index >= 15 is 0 Å². The molecule has 156 valence electrons. The molecule has 0 aliphatic rings. The molecular weight excluding hydrogens is 406 g/mol. The smallest absolute Gasteiger partial charge is 0.418 e. The number of hydrogen-bond donors (Lipinski definition) is 1. The minimum Gasteiger partial charge on any atom is -0.481 e. The molecule has 0 spiro atoms. The van der Waals surface area contributed by atoms with Gasteiger partial charge in [-0.2, -0.15) is 13.2 Å². The number of alkyl halides is 3. The van der Waals surface area contributed by atoms with Crippen LogP contribution < -0.4 is 14.8 Å². The minimum atomic E-state index is -4.70. The molecule has 0 aliphatic heterocycles. The second kappa shape index (κ2) is 8.36. The Kier molecular flexibility index (Phi) is 5.86. The van der Waals surface area contributed by atoms with Crippen molar-refractivity contribution in [3.05, 3.63) is 71.4 Å². The van der Waals surface area contributed by atoms with Gasteiger partial charge in [-0.05, 0) is 42.8 Å². The fourth-order valence-corrected chi connectivity index (χ4v) is 2.48. The van der Waals surface area contributed by atoms with Crippen molar-refractivity contribution in [2.24, 2.45) is 0 Å². The number of benzene rings is 1. The van der Waals surface area contributed by atoms with Gasteiger partial charge in [-0.15, -0.1) is 0 Å². The van der Waals surface area contributed by atoms with Crippen LogP contribution in [0, 0.1) is 12.7 Å². The van der Waals surface area contributed by atoms with E-state index in [4.69, 9.17) is 9.47 Å². The van der Waals surface area contributed by atoms with Crippen LogP contribution in [0.3, 0.4) is 0 Å². The van der Waals surface area contributed by atoms with Crippen LogP contribution in [-0.4, -0.2) is 23.0 Å². The zero-order chi connectivity index (χ0) is 21.9. The third-order valence-electron chi connectivity index (χ3n) is 3.95. The van der Waals surface area contributed by atoms with Crippen LogP contribution in [-0.2, 0) is 6.18 Å². The second-order valence-electron chi connectivity index (χ2n) is 6.12. The summed E-state index contributed by atoms with van der Waals surface area (Å²) in [6, 6.07) is 7.05. The van der Waals surface area contributed by atoms with E-state index in [1.165, 1.54) is 38.4 Å². The molecular formula is C20H15F4N3O3. The molecule has 0 saturated heterocycles. The van der Waals surface area contributed by atoms with Gasteiger partial charge in [-0.1, -0.05) is 0 Å². The summed E-state index contributed by atoms with van der Waals surface area (Å²) in [7, 11) is 1.39. The molecule has 0 atom stereocenters. The van der Waals surface area contributed by atoms with Gasteiger partial charge in [0.15, 0.2) is 11.4 Å². The summed E-state index contributed by atoms with van der Waals surface area (Å²) in [5, 5.41) is 2.50. The van der Waals surface area contributed by atoms with Crippen LogP contribution in [0.15, 0.2) is 48.8 Å². The number of carbonyl (C=O) groups excluding carboxylic acids is 1. The number of hydrogen-bond acceptors (Lipinski definition) is 5. The lowest BCUT2D eigenvalue weighted by molar-refractivity contribution is -0.137. The summed E-state index contributed by atoms with van der Waals surface area (Å²) in [4.78, 5) is 20.2. The number of methoxy groups -OCH3 is 1. The number of rotatable bonds is 5. The Morgan fingerprint density at radius 1 is 1.07 bits per heavy atom. The maximum absolute atomic E-state index is 13.3. The summed E-state index contributed by atoms with van der Waals surface area (Å²) in [5.74, 6) is -1.47. The predicted octanol–water partition coefficient (Wildman–Crippen LogP) is 5.00. The Labute approximate surface area is 168 Å². The highest BCUT2D eigenvalue weighted by Crippen LogP contribution is 2.35. The van der Waals surface area contributed by atoms with Gasteiger partial charge in [0.1, 0.15) is 11.6 Å². The lowest BCUT2D eigenvalue weighted by Gasteiger charge is -2.15. The molecule has 6 nitrogen and oxygen atoms in total. The topological polar surface area (TPSA) is 73.3 Å². The van der Waals surface area contributed by atoms with Crippen LogP contribution >= 0.6 is 0 Å². The van der Waals surface area contributed by atoms with Gasteiger partial charge < -0.3 is 14.8 Å². The van der Waals surface area contributed by atoms with E-state index in [9.17, 15) is 22.4 Å². The third-order valence-corrected chi connectivity index (χ3v) is 3.95. The fourth-order valence-electron chi connectivity index (χ4n) is 2.48. The highest BCUT2D eigenvalue weighted by Gasteiger charge is 2.33. The summed E-state index contributed by atoms with van der Waals surface area (Å²) >= 11 is 0. The number of amides is 1. The Hall–Kier alpha value is -3.69. The average molecular weight is 421 g/mol. The van der Waals surface area contributed by atoms with Crippen molar-refractivity contribution in [1.29, 1.82) is 0 Å². The van der Waals surface area contributed by atoms with Crippen molar-refractivity contribution in [2.75, 3.05) is 12.4 Å². The van der Waals surface area contributed by atoms with E-state index in [0.29, 0.717) is 17.8 Å². The van der Waals surface area contributed by atoms with Gasteiger partial charge >= 0.3 is 6.18 Å². The highest BCUT2D eigenvalue weighted by atomic mass is 19.4. The molecule has 0 fully saturated rings. The summed E-state index contributed by atoms with van der Waals surface area (Å²) < 4.78 is 63.2. The summed E-state index contributed by atoms with van der Waals surface area (Å²) in [6.07, 6.45) is -2.78. The van der Waals surface area contributed by atoms with Crippen molar-refractivity contribution in [2.45, 2.75) is 13.1 Å². The van der Waals surface area contributed by atoms with Gasteiger partial charge in [-0.25, -0.2) is 14.4 Å². The number of aryl methyl sites for hydroxylation is 1. The molecule has 2 aromatic heterocycles. The standard InChI is InChI=1S/C20H15F4N3O3/c1-11-7-13(21)3-4-15(11)30-16-8-12(20(22,23)24)10-26-18(16)19(28)27-14-5-6-25-17(9-14)29-2/h3-10H,1-2H3,(H,25,27,28). The average Bonchev–Trinajstić information content (AvgIpc) is 2.69. The molecule has 30 heavy (non-hydrogen) atoms. The number of aromatic nitrogens is 2. The van der Waals surface area contributed by atoms with Gasteiger partial charge in [0.2, 0.25) is 5.88 Å². The van der Waals surface area contributed by atoms with E-state index < -0.39 is 29.2 Å². The van der Waals surface area contributed by atoms with Crippen molar-refractivity contribution in [1.82, 2.24) is 9.97 Å². The number of ether oxygens (including phenoxy) is 2. The van der Waals surface area contributed by atoms with E-state index in [2.05, 4.69) is 15.3 Å². The SMILES string of the molecule is COc1cc(NC(=O)c2ncc(C(F)(F)F)cc2Oc2ccc(F)cc2C)ccn1. The third kappa shape index (κ3) is 4.83. The Morgan fingerprint density at radius 2 is 1.83 bits per heavy atom. The molecule has 2 heterocycles. The zero-order valence-electron chi connectivity index (χ0n) is 15.7. The van der Waals surface area contributed by atoms with Gasteiger partial charge in [-0.3, -0.25) is 4.79 Å². The van der Waals surface area contributed by atoms with Gasteiger partial charge in [0.05, 0.1) is 12.7 Å². The Bertz CT molecular complexity index is 1090. The zero-order valence-corrected chi connectivity index (χ0v) is 15.7. The number of halogens is 4. The first-order valence-electron chi connectivity index (χ1n) is 8.50. The monoisotopic (exact) mass is 421 g/mol. The number of nitrogens with zero attached hydrogens (tertiary/aromatic N) is 2. The van der Waals surface area contributed by atoms with Crippen LogP contribution in [0.4, 0.5) is 23.2 Å². The van der Waals surface area contributed by atoms with Gasteiger partial charge in [0.25, 0.3) is 5.91 Å². The second-order valence-corrected chi connectivity index (χ2v) is 6.12. The van der Waals surface area contributed by atoms with Crippen molar-refractivity contribution < 1.29 is 31.8 Å². The fraction of sp³-hybridized carbons (Fsp3) is 0.150. The number of anilines is 1. The van der Waals surface area contributed by atoms with E-state index in [1.807, 2.05) is 0 Å². The normalized spacial score (nSPS) is 11.1. The molecule has 1 amide bonds. The maximum Gasteiger partial charge on any atom is 0.418 e. The van der Waals surface area contributed by atoms with Crippen molar-refractivity contribution in [3.8, 4) is 17.4 Å². The highest BCUT2D eigenvalue weighted by molar-refractivity contribution is 6.04. The van der Waals surface area contributed by atoms with Crippen molar-refractivity contribution in [3.63, 3.8) is 0 Å². The minimum absolute atomic E-state index is 0.0807. The summed E-state index contributed by atoms with van der Waals surface area (Å²) in [5.41, 5.74) is -0.864. The molecule has 0 unspecified atom stereocenters. The molecule has 3 rings (SSSR count). The Balaban J connectivity index is 1.98. The number of nitrogens with one attached hydrogen (secondary N) is 1. The molecule has 1 aromatic carbocycles. The maximum atomic E-state index is 13.3.